The largest absolute Gasteiger partial charge is 0.508 e. The van der Waals surface area contributed by atoms with Gasteiger partial charge in [-0.3, -0.25) is 4.79 Å². The molecule has 2 aromatic carbocycles. The molecular formula is C33H40O20. The molecule has 20 nitrogen and oxygen atoms in total. The van der Waals surface area contributed by atoms with Gasteiger partial charge in [-0.05, 0) is 31.2 Å². The van der Waals surface area contributed by atoms with E-state index in [0.29, 0.717) is 0 Å². The molecule has 6 unspecified atom stereocenters. The zero-order valence-electron chi connectivity index (χ0n) is 27.7. The summed E-state index contributed by atoms with van der Waals surface area (Å²) in [7, 11) is 0. The number of rotatable bonds is 9. The maximum Gasteiger partial charge on any atom is 0.239 e. The number of benzene rings is 2. The normalized spacial score (nSPS) is 37.8. The number of aliphatic hydroxyl groups is 10. The number of hydrogen-bond acceptors (Lipinski definition) is 20. The highest BCUT2D eigenvalue weighted by Gasteiger charge is 2.51. The Hall–Kier alpha value is -3.71. The number of phenolic OH excluding ortho intramolecular Hbond substituents is 2. The van der Waals surface area contributed by atoms with Crippen LogP contribution in [0.25, 0.3) is 22.3 Å². The highest BCUT2D eigenvalue weighted by atomic mass is 16.8. The Labute approximate surface area is 298 Å². The van der Waals surface area contributed by atoms with Gasteiger partial charge in [0.1, 0.15) is 89.3 Å². The van der Waals surface area contributed by atoms with Gasteiger partial charge in [-0.25, -0.2) is 0 Å². The Morgan fingerprint density at radius 2 is 1.25 bits per heavy atom. The first-order valence-electron chi connectivity index (χ1n) is 16.4. The van der Waals surface area contributed by atoms with Crippen molar-refractivity contribution in [3.63, 3.8) is 0 Å². The molecule has 3 aromatic rings. The summed E-state index contributed by atoms with van der Waals surface area (Å²) in [5.41, 5.74) is -1.24. The van der Waals surface area contributed by atoms with E-state index in [4.69, 9.17) is 32.8 Å². The van der Waals surface area contributed by atoms with Gasteiger partial charge in [-0.2, -0.15) is 0 Å². The lowest BCUT2D eigenvalue weighted by Crippen LogP contribution is -2.64. The molecule has 4 heterocycles. The van der Waals surface area contributed by atoms with Crippen molar-refractivity contribution in [1.29, 1.82) is 0 Å². The summed E-state index contributed by atoms with van der Waals surface area (Å²) in [5, 5.41) is 123. The molecule has 0 amide bonds. The Balaban J connectivity index is 1.40. The zero-order chi connectivity index (χ0) is 38.5. The van der Waals surface area contributed by atoms with Crippen molar-refractivity contribution in [1.82, 2.24) is 0 Å². The van der Waals surface area contributed by atoms with Crippen molar-refractivity contribution in [3.8, 4) is 34.3 Å². The minimum atomic E-state index is -1.94. The maximum absolute atomic E-state index is 14.2. The highest BCUT2D eigenvalue weighted by Crippen LogP contribution is 2.39. The molecule has 15 atom stereocenters. The van der Waals surface area contributed by atoms with E-state index >= 15 is 0 Å². The fourth-order valence-electron chi connectivity index (χ4n) is 6.23. The van der Waals surface area contributed by atoms with Gasteiger partial charge in [-0.15, -0.1) is 0 Å². The molecule has 0 aliphatic carbocycles. The molecular weight excluding hydrogens is 716 g/mol. The molecule has 6 rings (SSSR count). The minimum absolute atomic E-state index is 0.118. The molecule has 53 heavy (non-hydrogen) atoms. The van der Waals surface area contributed by atoms with Gasteiger partial charge in [-0.1, -0.05) is 0 Å². The first-order chi connectivity index (χ1) is 25.1. The second-order valence-electron chi connectivity index (χ2n) is 12.9. The Morgan fingerprint density at radius 3 is 1.85 bits per heavy atom. The predicted molar refractivity (Wildman–Crippen MR) is 171 cm³/mol. The summed E-state index contributed by atoms with van der Waals surface area (Å²) in [4.78, 5) is 14.2. The number of aromatic hydroxyl groups is 2. The summed E-state index contributed by atoms with van der Waals surface area (Å²) < 4.78 is 39.9. The van der Waals surface area contributed by atoms with Gasteiger partial charge in [0.25, 0.3) is 0 Å². The third-order valence-corrected chi connectivity index (χ3v) is 9.29. The van der Waals surface area contributed by atoms with Gasteiger partial charge in [0, 0.05) is 17.7 Å². The summed E-state index contributed by atoms with van der Waals surface area (Å²) >= 11 is 0. The fraction of sp³-hybridized carbons (Fsp3) is 0.545. The lowest BCUT2D eigenvalue weighted by molar-refractivity contribution is -0.355. The van der Waals surface area contributed by atoms with Crippen LogP contribution in [0, 0.1) is 0 Å². The molecule has 0 saturated carbocycles. The van der Waals surface area contributed by atoms with E-state index in [9.17, 15) is 66.1 Å². The van der Waals surface area contributed by atoms with Gasteiger partial charge >= 0.3 is 0 Å². The smallest absolute Gasteiger partial charge is 0.239 e. The van der Waals surface area contributed by atoms with Crippen molar-refractivity contribution < 1.29 is 94.1 Å². The van der Waals surface area contributed by atoms with Gasteiger partial charge < -0.3 is 94.1 Å². The van der Waals surface area contributed by atoms with Crippen molar-refractivity contribution >= 4 is 11.0 Å². The van der Waals surface area contributed by atoms with Crippen LogP contribution >= 0.6 is 0 Å². The topological polar surface area (TPSA) is 328 Å². The number of phenols is 2. The van der Waals surface area contributed by atoms with Crippen LogP contribution in [0.2, 0.25) is 0 Å². The van der Waals surface area contributed by atoms with Crippen LogP contribution in [-0.4, -0.2) is 167 Å². The second kappa shape index (κ2) is 15.6. The monoisotopic (exact) mass is 756 g/mol. The highest BCUT2D eigenvalue weighted by molar-refractivity contribution is 5.88. The van der Waals surface area contributed by atoms with Crippen LogP contribution in [0.1, 0.15) is 6.92 Å². The summed E-state index contributed by atoms with van der Waals surface area (Å²) in [6.07, 6.45) is -25.3. The molecule has 3 aliphatic heterocycles. The lowest BCUT2D eigenvalue weighted by Gasteiger charge is -2.45. The van der Waals surface area contributed by atoms with Crippen molar-refractivity contribution in [2.75, 3.05) is 13.2 Å². The van der Waals surface area contributed by atoms with Gasteiger partial charge in [0.05, 0.1) is 19.3 Å². The Bertz CT molecular complexity index is 1780. The van der Waals surface area contributed by atoms with E-state index in [1.165, 1.54) is 31.2 Å². The average molecular weight is 757 g/mol. The van der Waals surface area contributed by atoms with Crippen molar-refractivity contribution in [3.05, 3.63) is 46.6 Å². The third kappa shape index (κ3) is 7.39. The van der Waals surface area contributed by atoms with E-state index in [2.05, 4.69) is 0 Å². The maximum atomic E-state index is 14.2. The predicted octanol–water partition coefficient (Wildman–Crippen LogP) is -3.92. The quantitative estimate of drug-likeness (QED) is 0.0992. The number of hydrogen-bond donors (Lipinski definition) is 12. The molecule has 3 saturated heterocycles. The second-order valence-corrected chi connectivity index (χ2v) is 12.9. The van der Waals surface area contributed by atoms with Crippen LogP contribution in [0.5, 0.6) is 23.0 Å². The van der Waals surface area contributed by atoms with Crippen molar-refractivity contribution in [2.24, 2.45) is 0 Å². The molecule has 1 aromatic heterocycles. The zero-order valence-corrected chi connectivity index (χ0v) is 27.7. The van der Waals surface area contributed by atoms with Crippen LogP contribution in [0.4, 0.5) is 0 Å². The third-order valence-electron chi connectivity index (χ3n) is 9.29. The number of aliphatic hydroxyl groups excluding tert-OH is 10. The lowest BCUT2D eigenvalue weighted by atomic mass is 9.97. The molecule has 292 valence electrons. The summed E-state index contributed by atoms with van der Waals surface area (Å²) in [5.74, 6) is -2.16. The van der Waals surface area contributed by atoms with Gasteiger partial charge in [0.2, 0.25) is 23.8 Å². The number of ether oxygens (including phenoxy) is 6. The van der Waals surface area contributed by atoms with E-state index in [1.54, 1.807) is 0 Å². The average Bonchev–Trinajstić information content (AvgIpc) is 3.13. The van der Waals surface area contributed by atoms with Crippen LogP contribution in [-0.2, 0) is 18.9 Å². The van der Waals surface area contributed by atoms with E-state index in [-0.39, 0.29) is 28.4 Å². The molecule has 3 fully saturated rings. The standard InChI is InChI=1S/C33H40O20/c1-10-19(38)25(44)30(53-32-27(46)24(43)21(40)17(9-35)51-32)33(47-10)52-29-22(41)18-14(37)6-13(48-31-26(45)23(42)20(39)16(8-34)50-31)7-15(18)49-28(29)11-2-4-12(36)5-3-11/h2-7,10,16-17,19-21,23-27,30-40,42-46H,8-9H2,1H3/t10?,16?,17?,19-,20+,21+,23-,24-,25?,26?,27?,30-,31+,32-,33-/m0/s1. The van der Waals surface area contributed by atoms with E-state index < -0.39 is 128 Å². The fourth-order valence-corrected chi connectivity index (χ4v) is 6.23. The Kier molecular flexibility index (Phi) is 11.5. The molecule has 20 heteroatoms. The summed E-state index contributed by atoms with van der Waals surface area (Å²) in [6.45, 7) is -0.183. The SMILES string of the molecule is CC1O[C@@H](Oc2c(-c3ccc(O)cc3)oc3cc(O[C@@H]4OC(CO)[C@@H](O)[C@H](O)C4O)cc(O)c3c2=O)[C@@H](O[C@@H]2OC(CO)[C@@H](O)[C@H](O)C2O)C(O)[C@H]1O. The molecule has 12 N–H and O–H groups in total. The minimum Gasteiger partial charge on any atom is -0.508 e. The number of fused-ring (bicyclic) bond motifs is 1. The first-order valence-corrected chi connectivity index (χ1v) is 16.4. The molecule has 0 bridgehead atoms. The first kappa shape index (κ1) is 39.0. The summed E-state index contributed by atoms with van der Waals surface area (Å²) in [6, 6.07) is 7.25. The molecule has 3 aliphatic rings. The van der Waals surface area contributed by atoms with Crippen molar-refractivity contribution in [2.45, 2.75) is 99.0 Å². The van der Waals surface area contributed by atoms with E-state index in [1.807, 2.05) is 0 Å². The van der Waals surface area contributed by atoms with Crippen LogP contribution in [0.15, 0.2) is 45.6 Å². The Morgan fingerprint density at radius 1 is 0.660 bits per heavy atom. The van der Waals surface area contributed by atoms with E-state index in [0.717, 1.165) is 12.1 Å². The molecule has 0 spiro atoms. The molecule has 0 radical (unpaired) electrons. The van der Waals surface area contributed by atoms with Gasteiger partial charge in [0.15, 0.2) is 18.2 Å². The van der Waals surface area contributed by atoms with Crippen LogP contribution in [0.3, 0.4) is 0 Å². The van der Waals surface area contributed by atoms with Crippen LogP contribution < -0.4 is 14.9 Å².